The molecule has 25 heavy (non-hydrogen) atoms. The molecule has 2 aromatic rings. The van der Waals surface area contributed by atoms with Crippen molar-refractivity contribution in [3.8, 4) is 11.1 Å². The lowest BCUT2D eigenvalue weighted by Crippen LogP contribution is -2.39. The molecule has 0 atom stereocenters. The Labute approximate surface area is 145 Å². The SMILES string of the molecule is O=C1Cc2oc(=O)c(-c3ccccc3)c(CCC3CCC3)c2C(=O)N1. The maximum Gasteiger partial charge on any atom is 0.344 e. The topological polar surface area (TPSA) is 76.4 Å². The zero-order chi connectivity index (χ0) is 17.4. The smallest absolute Gasteiger partial charge is 0.344 e. The average molecular weight is 337 g/mol. The van der Waals surface area contributed by atoms with Crippen molar-refractivity contribution in [2.24, 2.45) is 5.92 Å². The number of benzene rings is 1. The van der Waals surface area contributed by atoms with Crippen molar-refractivity contribution in [1.29, 1.82) is 0 Å². The van der Waals surface area contributed by atoms with Gasteiger partial charge in [0, 0.05) is 0 Å². The normalized spacial score (nSPS) is 17.0. The summed E-state index contributed by atoms with van der Waals surface area (Å²) in [5, 5.41) is 2.35. The van der Waals surface area contributed by atoms with Crippen LogP contribution >= 0.6 is 0 Å². The van der Waals surface area contributed by atoms with Crippen LogP contribution in [0.2, 0.25) is 0 Å². The molecule has 0 bridgehead atoms. The van der Waals surface area contributed by atoms with Gasteiger partial charge in [-0.05, 0) is 29.9 Å². The van der Waals surface area contributed by atoms with Gasteiger partial charge in [0.15, 0.2) is 0 Å². The fourth-order valence-electron chi connectivity index (χ4n) is 3.67. The summed E-state index contributed by atoms with van der Waals surface area (Å²) in [6.07, 6.45) is 5.17. The number of amides is 2. The van der Waals surface area contributed by atoms with Crippen molar-refractivity contribution < 1.29 is 14.0 Å². The van der Waals surface area contributed by atoms with E-state index in [-0.39, 0.29) is 12.2 Å². The van der Waals surface area contributed by atoms with Crippen LogP contribution in [-0.2, 0) is 17.6 Å². The molecular weight excluding hydrogens is 318 g/mol. The predicted octanol–water partition coefficient (Wildman–Crippen LogP) is 2.85. The quantitative estimate of drug-likeness (QED) is 0.871. The van der Waals surface area contributed by atoms with Crippen LogP contribution in [0, 0.1) is 5.92 Å². The number of hydrogen-bond acceptors (Lipinski definition) is 4. The molecule has 1 aromatic carbocycles. The third-order valence-corrected chi connectivity index (χ3v) is 5.19. The van der Waals surface area contributed by atoms with Gasteiger partial charge in [-0.3, -0.25) is 14.9 Å². The standard InChI is InChI=1S/C20H19NO4/c22-16-11-15-18(19(23)21-16)14(10-9-12-5-4-6-12)17(20(24)25-15)13-7-2-1-3-8-13/h1-3,7-8,12H,4-6,9-11H2,(H,21,22,23). The summed E-state index contributed by atoms with van der Waals surface area (Å²) in [4.78, 5) is 36.7. The van der Waals surface area contributed by atoms with Crippen molar-refractivity contribution in [3.63, 3.8) is 0 Å². The van der Waals surface area contributed by atoms with E-state index in [1.54, 1.807) is 0 Å². The highest BCUT2D eigenvalue weighted by molar-refractivity contribution is 6.10. The molecule has 5 nitrogen and oxygen atoms in total. The second-order valence-corrected chi connectivity index (χ2v) is 6.80. The fourth-order valence-corrected chi connectivity index (χ4v) is 3.67. The Morgan fingerprint density at radius 2 is 1.80 bits per heavy atom. The Hall–Kier alpha value is -2.69. The van der Waals surface area contributed by atoms with Crippen molar-refractivity contribution >= 4 is 11.8 Å². The van der Waals surface area contributed by atoms with Gasteiger partial charge < -0.3 is 4.42 Å². The van der Waals surface area contributed by atoms with E-state index in [1.807, 2.05) is 30.3 Å². The molecule has 1 aliphatic carbocycles. The molecule has 128 valence electrons. The van der Waals surface area contributed by atoms with E-state index in [1.165, 1.54) is 19.3 Å². The molecule has 0 radical (unpaired) electrons. The molecule has 1 saturated carbocycles. The second-order valence-electron chi connectivity index (χ2n) is 6.80. The molecule has 2 aliphatic rings. The van der Waals surface area contributed by atoms with Crippen LogP contribution < -0.4 is 10.9 Å². The Bertz CT molecular complexity index is 894. The van der Waals surface area contributed by atoms with Gasteiger partial charge in [0.25, 0.3) is 5.91 Å². The fraction of sp³-hybridized carbons (Fsp3) is 0.350. The summed E-state index contributed by atoms with van der Waals surface area (Å²) in [7, 11) is 0. The van der Waals surface area contributed by atoms with Crippen molar-refractivity contribution in [3.05, 3.63) is 57.6 Å². The number of nitrogens with one attached hydrogen (secondary N) is 1. The minimum Gasteiger partial charge on any atom is -0.426 e. The Kier molecular flexibility index (Phi) is 3.99. The molecule has 1 N–H and O–H groups in total. The summed E-state index contributed by atoms with van der Waals surface area (Å²) in [5.41, 5.74) is 1.80. The van der Waals surface area contributed by atoms with Crippen molar-refractivity contribution in [2.75, 3.05) is 0 Å². The highest BCUT2D eigenvalue weighted by Gasteiger charge is 2.31. The van der Waals surface area contributed by atoms with E-state index in [0.717, 1.165) is 12.0 Å². The molecule has 5 heteroatoms. The molecule has 1 aliphatic heterocycles. The van der Waals surface area contributed by atoms with E-state index in [4.69, 9.17) is 4.42 Å². The van der Waals surface area contributed by atoms with Gasteiger partial charge in [-0.1, -0.05) is 49.6 Å². The second kappa shape index (κ2) is 6.31. The minimum atomic E-state index is -0.476. The van der Waals surface area contributed by atoms with Gasteiger partial charge in [-0.25, -0.2) is 4.79 Å². The number of rotatable bonds is 4. The summed E-state index contributed by atoms with van der Waals surface area (Å²) >= 11 is 0. The minimum absolute atomic E-state index is 0.0676. The number of carbonyl (C=O) groups is 2. The molecule has 4 rings (SSSR count). The Morgan fingerprint density at radius 1 is 1.04 bits per heavy atom. The number of carbonyl (C=O) groups excluding carboxylic acids is 2. The zero-order valence-electron chi connectivity index (χ0n) is 13.8. The molecule has 1 fully saturated rings. The van der Waals surface area contributed by atoms with Crippen LogP contribution in [0.1, 0.15) is 47.4 Å². The van der Waals surface area contributed by atoms with Gasteiger partial charge in [-0.15, -0.1) is 0 Å². The molecule has 2 amide bonds. The summed E-state index contributed by atoms with van der Waals surface area (Å²) in [6, 6.07) is 9.28. The molecular formula is C20H19NO4. The molecule has 0 spiro atoms. The summed E-state index contributed by atoms with van der Waals surface area (Å²) in [5.74, 6) is -0.0457. The maximum atomic E-state index is 12.6. The number of hydrogen-bond donors (Lipinski definition) is 1. The van der Waals surface area contributed by atoms with Crippen molar-refractivity contribution in [2.45, 2.75) is 38.5 Å². The Balaban J connectivity index is 1.87. The lowest BCUT2D eigenvalue weighted by Gasteiger charge is -2.26. The summed E-state index contributed by atoms with van der Waals surface area (Å²) < 4.78 is 5.38. The van der Waals surface area contributed by atoms with E-state index in [9.17, 15) is 14.4 Å². The highest BCUT2D eigenvalue weighted by Crippen LogP contribution is 2.34. The first kappa shape index (κ1) is 15.8. The van der Waals surface area contributed by atoms with E-state index in [0.29, 0.717) is 29.0 Å². The molecule has 1 aromatic heterocycles. The number of fused-ring (bicyclic) bond motifs is 1. The van der Waals surface area contributed by atoms with Crippen LogP contribution in [0.15, 0.2) is 39.5 Å². The van der Waals surface area contributed by atoms with Gasteiger partial charge in [0.05, 0.1) is 17.5 Å². The summed E-state index contributed by atoms with van der Waals surface area (Å²) in [6.45, 7) is 0. The first-order valence-corrected chi connectivity index (χ1v) is 8.72. The van der Waals surface area contributed by atoms with Crippen LogP contribution in [0.3, 0.4) is 0 Å². The monoisotopic (exact) mass is 337 g/mol. The highest BCUT2D eigenvalue weighted by atomic mass is 16.4. The average Bonchev–Trinajstić information content (AvgIpc) is 2.53. The zero-order valence-corrected chi connectivity index (χ0v) is 13.8. The van der Waals surface area contributed by atoms with Gasteiger partial charge in [0.1, 0.15) is 5.76 Å². The predicted molar refractivity (Wildman–Crippen MR) is 92.3 cm³/mol. The third kappa shape index (κ3) is 2.90. The third-order valence-electron chi connectivity index (χ3n) is 5.19. The first-order chi connectivity index (χ1) is 12.1. The van der Waals surface area contributed by atoms with Crippen LogP contribution in [-0.4, -0.2) is 11.8 Å². The lowest BCUT2D eigenvalue weighted by molar-refractivity contribution is -0.120. The van der Waals surface area contributed by atoms with Gasteiger partial charge >= 0.3 is 5.63 Å². The van der Waals surface area contributed by atoms with Crippen LogP contribution in [0.4, 0.5) is 0 Å². The van der Waals surface area contributed by atoms with Crippen molar-refractivity contribution in [1.82, 2.24) is 5.32 Å². The molecule has 0 unspecified atom stereocenters. The van der Waals surface area contributed by atoms with E-state index < -0.39 is 17.4 Å². The lowest BCUT2D eigenvalue weighted by atomic mass is 9.80. The number of imide groups is 1. The maximum absolute atomic E-state index is 12.6. The van der Waals surface area contributed by atoms with E-state index in [2.05, 4.69) is 5.32 Å². The van der Waals surface area contributed by atoms with E-state index >= 15 is 0 Å². The van der Waals surface area contributed by atoms with Gasteiger partial charge in [0.2, 0.25) is 5.91 Å². The van der Waals surface area contributed by atoms with Crippen LogP contribution in [0.5, 0.6) is 0 Å². The Morgan fingerprint density at radius 3 is 2.48 bits per heavy atom. The first-order valence-electron chi connectivity index (χ1n) is 8.72. The molecule has 0 saturated heterocycles. The van der Waals surface area contributed by atoms with Gasteiger partial charge in [-0.2, -0.15) is 0 Å². The van der Waals surface area contributed by atoms with Crippen LogP contribution in [0.25, 0.3) is 11.1 Å². The molecule has 2 heterocycles. The largest absolute Gasteiger partial charge is 0.426 e.